The molecule has 2 nitrogen and oxygen atoms in total. The quantitative estimate of drug-likeness (QED) is 0.887. The average Bonchev–Trinajstić information content (AvgIpc) is 2.74. The largest absolute Gasteiger partial charge is 0.466 e. The van der Waals surface area contributed by atoms with Gasteiger partial charge in [0.05, 0.1) is 9.83 Å². The average molecular weight is 328 g/mol. The van der Waals surface area contributed by atoms with E-state index in [0.717, 1.165) is 11.5 Å². The van der Waals surface area contributed by atoms with Crippen LogP contribution in [-0.4, -0.2) is 7.05 Å². The Labute approximate surface area is 121 Å². The van der Waals surface area contributed by atoms with Gasteiger partial charge in [0.15, 0.2) is 0 Å². The molecule has 98 valence electrons. The molecular weight excluding hydrogens is 310 g/mol. The van der Waals surface area contributed by atoms with Crippen molar-refractivity contribution in [2.45, 2.75) is 33.7 Å². The molecule has 1 unspecified atom stereocenters. The van der Waals surface area contributed by atoms with Gasteiger partial charge in [-0.2, -0.15) is 0 Å². The smallest absolute Gasteiger partial charge is 0.106 e. The molecular formula is C14H18BrNOS. The van der Waals surface area contributed by atoms with Crippen LogP contribution in [0.25, 0.3) is 0 Å². The third-order valence-corrected chi connectivity index (χ3v) is 5.00. The standard InChI is InChI=1S/C14H18BrNOS/c1-7-8(2)17-9(3)13(7)14(16-5)11-6-12(15)18-10(11)4/h6,14,16H,1-5H3. The molecule has 0 aromatic carbocycles. The van der Waals surface area contributed by atoms with E-state index in [1.54, 1.807) is 11.3 Å². The molecule has 2 heterocycles. The van der Waals surface area contributed by atoms with E-state index in [0.29, 0.717) is 0 Å². The summed E-state index contributed by atoms with van der Waals surface area (Å²) in [5.74, 6) is 2.01. The van der Waals surface area contributed by atoms with E-state index in [-0.39, 0.29) is 6.04 Å². The highest BCUT2D eigenvalue weighted by Gasteiger charge is 2.23. The number of hydrogen-bond donors (Lipinski definition) is 1. The maximum absolute atomic E-state index is 5.75. The molecule has 0 bridgehead atoms. The summed E-state index contributed by atoms with van der Waals surface area (Å²) < 4.78 is 6.92. The van der Waals surface area contributed by atoms with E-state index in [1.807, 2.05) is 20.9 Å². The summed E-state index contributed by atoms with van der Waals surface area (Å²) in [6.45, 7) is 8.35. The maximum atomic E-state index is 5.75. The normalized spacial score (nSPS) is 13.0. The van der Waals surface area contributed by atoms with E-state index in [4.69, 9.17) is 4.42 Å². The van der Waals surface area contributed by atoms with Crippen molar-refractivity contribution in [2.75, 3.05) is 7.05 Å². The van der Waals surface area contributed by atoms with Crippen LogP contribution in [0.2, 0.25) is 0 Å². The summed E-state index contributed by atoms with van der Waals surface area (Å²) in [5, 5.41) is 3.41. The summed E-state index contributed by atoms with van der Waals surface area (Å²) in [7, 11) is 2.00. The molecule has 18 heavy (non-hydrogen) atoms. The highest BCUT2D eigenvalue weighted by molar-refractivity contribution is 9.11. The van der Waals surface area contributed by atoms with Gasteiger partial charge in [0.25, 0.3) is 0 Å². The summed E-state index contributed by atoms with van der Waals surface area (Å²) in [5.41, 5.74) is 3.83. The fraction of sp³-hybridized carbons (Fsp3) is 0.429. The summed E-state index contributed by atoms with van der Waals surface area (Å²) in [6.07, 6.45) is 0. The SMILES string of the molecule is CNC(c1cc(Br)sc1C)c1c(C)oc(C)c1C. The fourth-order valence-corrected chi connectivity index (χ4v) is 4.18. The Morgan fingerprint density at radius 3 is 2.28 bits per heavy atom. The van der Waals surface area contributed by atoms with Gasteiger partial charge in [-0.05, 0) is 67.9 Å². The Hall–Kier alpha value is -0.580. The van der Waals surface area contributed by atoms with Crippen LogP contribution in [0, 0.1) is 27.7 Å². The van der Waals surface area contributed by atoms with Crippen molar-refractivity contribution in [2.24, 2.45) is 0 Å². The van der Waals surface area contributed by atoms with Gasteiger partial charge in [-0.25, -0.2) is 0 Å². The van der Waals surface area contributed by atoms with Crippen molar-refractivity contribution < 1.29 is 4.42 Å². The van der Waals surface area contributed by atoms with Crippen molar-refractivity contribution in [3.8, 4) is 0 Å². The summed E-state index contributed by atoms with van der Waals surface area (Å²) in [6, 6.07) is 2.40. The lowest BCUT2D eigenvalue weighted by molar-refractivity contribution is 0.495. The van der Waals surface area contributed by atoms with Crippen LogP contribution in [0.15, 0.2) is 14.3 Å². The highest BCUT2D eigenvalue weighted by Crippen LogP contribution is 2.37. The van der Waals surface area contributed by atoms with Crippen molar-refractivity contribution in [3.05, 3.63) is 42.9 Å². The first-order chi connectivity index (χ1) is 8.45. The molecule has 1 N–H and O–H groups in total. The van der Waals surface area contributed by atoms with Crippen molar-refractivity contribution in [3.63, 3.8) is 0 Å². The number of halogens is 1. The Kier molecular flexibility index (Phi) is 3.99. The minimum absolute atomic E-state index is 0.199. The van der Waals surface area contributed by atoms with Crippen LogP contribution in [0.1, 0.15) is 39.1 Å². The summed E-state index contributed by atoms with van der Waals surface area (Å²) >= 11 is 5.33. The molecule has 0 aliphatic heterocycles. The number of nitrogens with one attached hydrogen (secondary N) is 1. The molecule has 0 aliphatic carbocycles. The monoisotopic (exact) mass is 327 g/mol. The molecule has 1 atom stereocenters. The number of hydrogen-bond acceptors (Lipinski definition) is 3. The highest BCUT2D eigenvalue weighted by atomic mass is 79.9. The zero-order valence-electron chi connectivity index (χ0n) is 11.3. The van der Waals surface area contributed by atoms with Gasteiger partial charge in [0.1, 0.15) is 11.5 Å². The zero-order valence-corrected chi connectivity index (χ0v) is 13.8. The Morgan fingerprint density at radius 1 is 1.22 bits per heavy atom. The van der Waals surface area contributed by atoms with Crippen molar-refractivity contribution in [1.29, 1.82) is 0 Å². The molecule has 4 heteroatoms. The van der Waals surface area contributed by atoms with Gasteiger partial charge in [0, 0.05) is 10.4 Å². The first kappa shape index (κ1) is 13.8. The third kappa shape index (κ3) is 2.29. The molecule has 0 fully saturated rings. The fourth-order valence-electron chi connectivity index (χ4n) is 2.44. The lowest BCUT2D eigenvalue weighted by atomic mass is 9.96. The number of rotatable bonds is 3. The van der Waals surface area contributed by atoms with Gasteiger partial charge in [-0.15, -0.1) is 11.3 Å². The molecule has 0 saturated heterocycles. The van der Waals surface area contributed by atoms with Crippen LogP contribution >= 0.6 is 27.3 Å². The molecule has 0 spiro atoms. The Morgan fingerprint density at radius 2 is 1.89 bits per heavy atom. The van der Waals surface area contributed by atoms with E-state index in [2.05, 4.69) is 41.2 Å². The predicted octanol–water partition coefficient (Wildman–Crippen LogP) is 4.65. The van der Waals surface area contributed by atoms with E-state index < -0.39 is 0 Å². The first-order valence-corrected chi connectivity index (χ1v) is 7.56. The zero-order chi connectivity index (χ0) is 13.4. The molecule has 0 aliphatic rings. The molecule has 2 aromatic rings. The second-order valence-electron chi connectivity index (χ2n) is 4.54. The molecule has 0 amide bonds. The number of aryl methyl sites for hydroxylation is 3. The minimum Gasteiger partial charge on any atom is -0.466 e. The van der Waals surface area contributed by atoms with Crippen LogP contribution in [0.4, 0.5) is 0 Å². The lowest BCUT2D eigenvalue weighted by Crippen LogP contribution is -2.19. The molecule has 2 aromatic heterocycles. The van der Waals surface area contributed by atoms with E-state index >= 15 is 0 Å². The van der Waals surface area contributed by atoms with Crippen molar-refractivity contribution in [1.82, 2.24) is 5.32 Å². The van der Waals surface area contributed by atoms with Gasteiger partial charge < -0.3 is 9.73 Å². The number of thiophene rings is 1. The Balaban J connectivity index is 2.55. The second-order valence-corrected chi connectivity index (χ2v) is 7.17. The van der Waals surface area contributed by atoms with Gasteiger partial charge in [0.2, 0.25) is 0 Å². The van der Waals surface area contributed by atoms with Crippen LogP contribution in [0.5, 0.6) is 0 Å². The topological polar surface area (TPSA) is 25.2 Å². The first-order valence-electron chi connectivity index (χ1n) is 5.95. The van der Waals surface area contributed by atoms with Gasteiger partial charge in [-0.3, -0.25) is 0 Å². The molecule has 2 rings (SSSR count). The van der Waals surface area contributed by atoms with E-state index in [1.165, 1.54) is 25.4 Å². The summed E-state index contributed by atoms with van der Waals surface area (Å²) in [4.78, 5) is 1.33. The predicted molar refractivity (Wildman–Crippen MR) is 80.6 cm³/mol. The van der Waals surface area contributed by atoms with Crippen LogP contribution in [-0.2, 0) is 0 Å². The number of furan rings is 1. The lowest BCUT2D eigenvalue weighted by Gasteiger charge is -2.17. The van der Waals surface area contributed by atoms with Gasteiger partial charge >= 0.3 is 0 Å². The van der Waals surface area contributed by atoms with Crippen LogP contribution < -0.4 is 5.32 Å². The van der Waals surface area contributed by atoms with E-state index in [9.17, 15) is 0 Å². The van der Waals surface area contributed by atoms with Crippen LogP contribution in [0.3, 0.4) is 0 Å². The maximum Gasteiger partial charge on any atom is 0.106 e. The van der Waals surface area contributed by atoms with Crippen molar-refractivity contribution >= 4 is 27.3 Å². The molecule has 0 radical (unpaired) electrons. The molecule has 0 saturated carbocycles. The second kappa shape index (κ2) is 5.19. The third-order valence-electron chi connectivity index (χ3n) is 3.43. The van der Waals surface area contributed by atoms with Gasteiger partial charge in [-0.1, -0.05) is 0 Å². The minimum atomic E-state index is 0.199. The Bertz CT molecular complexity index is 571.